The standard InChI is InChI=1S/C10H18O2.Na/c11-10(12)8-4-7-9-5-2-1-3-6-9;/h9H,1-8H2,(H,11,12);/q;+1/p-1. The Hall–Kier alpha value is 0.470. The van der Waals surface area contributed by atoms with Gasteiger partial charge in [-0.2, -0.15) is 0 Å². The smallest absolute Gasteiger partial charge is 0.550 e. The maximum absolute atomic E-state index is 10.1. The van der Waals surface area contributed by atoms with Crippen molar-refractivity contribution < 1.29 is 39.5 Å². The van der Waals surface area contributed by atoms with Crippen molar-refractivity contribution >= 4 is 5.97 Å². The van der Waals surface area contributed by atoms with Gasteiger partial charge in [-0.1, -0.05) is 38.5 Å². The first kappa shape index (κ1) is 13.5. The predicted octanol–water partition coefficient (Wildman–Crippen LogP) is -1.51. The molecule has 0 spiro atoms. The van der Waals surface area contributed by atoms with E-state index >= 15 is 0 Å². The van der Waals surface area contributed by atoms with E-state index in [1.807, 2.05) is 0 Å². The summed E-state index contributed by atoms with van der Waals surface area (Å²) in [6, 6.07) is 0. The molecule has 13 heavy (non-hydrogen) atoms. The summed E-state index contributed by atoms with van der Waals surface area (Å²) in [6.45, 7) is 0. The Labute approximate surface area is 102 Å². The molecule has 1 rings (SSSR count). The van der Waals surface area contributed by atoms with E-state index in [4.69, 9.17) is 0 Å². The molecule has 70 valence electrons. The Morgan fingerprint density at radius 1 is 1.23 bits per heavy atom. The van der Waals surface area contributed by atoms with Gasteiger partial charge in [0.2, 0.25) is 0 Å². The van der Waals surface area contributed by atoms with Crippen LogP contribution in [0.15, 0.2) is 0 Å². The summed E-state index contributed by atoms with van der Waals surface area (Å²) in [5, 5.41) is 10.1. The molecule has 0 aromatic heterocycles. The number of carboxylic acid groups (broad SMARTS) is 1. The third kappa shape index (κ3) is 6.53. The van der Waals surface area contributed by atoms with Gasteiger partial charge in [0.05, 0.1) is 0 Å². The molecule has 0 heterocycles. The first-order valence-electron chi connectivity index (χ1n) is 4.99. The molecule has 0 radical (unpaired) electrons. The minimum atomic E-state index is -0.897. The van der Waals surface area contributed by atoms with Crippen LogP contribution in [0, 0.1) is 5.92 Å². The minimum absolute atomic E-state index is 0. The molecule has 1 aliphatic carbocycles. The van der Waals surface area contributed by atoms with Gasteiger partial charge < -0.3 is 9.90 Å². The Bertz CT molecular complexity index is 142. The largest absolute Gasteiger partial charge is 1.00 e. The number of carbonyl (C=O) groups excluding carboxylic acids is 1. The Morgan fingerprint density at radius 2 is 1.85 bits per heavy atom. The molecule has 0 unspecified atom stereocenters. The molecule has 1 saturated carbocycles. The van der Waals surface area contributed by atoms with Gasteiger partial charge in [-0.05, 0) is 18.8 Å². The van der Waals surface area contributed by atoms with Gasteiger partial charge in [-0.15, -0.1) is 0 Å². The first-order chi connectivity index (χ1) is 5.79. The van der Waals surface area contributed by atoms with E-state index < -0.39 is 5.97 Å². The molecule has 0 aliphatic heterocycles. The number of hydrogen-bond acceptors (Lipinski definition) is 2. The van der Waals surface area contributed by atoms with Gasteiger partial charge in [0.15, 0.2) is 0 Å². The fourth-order valence-electron chi connectivity index (χ4n) is 2.01. The molecule has 2 nitrogen and oxygen atoms in total. The Morgan fingerprint density at radius 3 is 2.38 bits per heavy atom. The summed E-state index contributed by atoms with van der Waals surface area (Å²) in [5.74, 6) is -0.0936. The molecule has 0 saturated heterocycles. The zero-order chi connectivity index (χ0) is 8.81. The van der Waals surface area contributed by atoms with Gasteiger partial charge in [0.1, 0.15) is 0 Å². The first-order valence-corrected chi connectivity index (χ1v) is 4.99. The van der Waals surface area contributed by atoms with Crippen LogP contribution in [0.5, 0.6) is 0 Å². The zero-order valence-electron chi connectivity index (χ0n) is 8.55. The maximum atomic E-state index is 10.1. The average molecular weight is 192 g/mol. The van der Waals surface area contributed by atoms with Crippen LogP contribution in [0.2, 0.25) is 0 Å². The van der Waals surface area contributed by atoms with Crippen molar-refractivity contribution in [2.45, 2.75) is 51.4 Å². The second kappa shape index (κ2) is 7.84. The molecule has 0 aromatic rings. The summed E-state index contributed by atoms with van der Waals surface area (Å²) in [6.07, 6.45) is 8.83. The van der Waals surface area contributed by atoms with Gasteiger partial charge >= 0.3 is 29.6 Å². The number of aliphatic carboxylic acids is 1. The number of carboxylic acids is 1. The molecule has 0 N–H and O–H groups in total. The molecular formula is C10H17NaO2. The van der Waals surface area contributed by atoms with Crippen molar-refractivity contribution in [1.29, 1.82) is 0 Å². The third-order valence-electron chi connectivity index (χ3n) is 2.72. The summed E-state index contributed by atoms with van der Waals surface area (Å²) in [5.41, 5.74) is 0. The quantitative estimate of drug-likeness (QED) is 0.508. The van der Waals surface area contributed by atoms with E-state index in [1.165, 1.54) is 32.1 Å². The van der Waals surface area contributed by atoms with E-state index in [1.54, 1.807) is 0 Å². The molecule has 0 atom stereocenters. The molecule has 0 bridgehead atoms. The van der Waals surface area contributed by atoms with Gasteiger partial charge in [-0.25, -0.2) is 0 Å². The second-order valence-corrected chi connectivity index (χ2v) is 3.77. The summed E-state index contributed by atoms with van der Waals surface area (Å²) >= 11 is 0. The Kier molecular flexibility index (Phi) is 8.12. The van der Waals surface area contributed by atoms with Crippen LogP contribution in [0.1, 0.15) is 51.4 Å². The minimum Gasteiger partial charge on any atom is -0.550 e. The van der Waals surface area contributed by atoms with Crippen molar-refractivity contribution in [3.05, 3.63) is 0 Å². The Balaban J connectivity index is 0.00000144. The van der Waals surface area contributed by atoms with Crippen LogP contribution < -0.4 is 34.7 Å². The average Bonchev–Trinajstić information content (AvgIpc) is 2.05. The molecule has 0 amide bonds. The number of carbonyl (C=O) groups is 1. The second-order valence-electron chi connectivity index (χ2n) is 3.77. The molecular weight excluding hydrogens is 175 g/mol. The van der Waals surface area contributed by atoms with E-state index in [0.717, 1.165) is 18.8 Å². The third-order valence-corrected chi connectivity index (χ3v) is 2.72. The molecule has 1 aliphatic rings. The summed E-state index contributed by atoms with van der Waals surface area (Å²) in [4.78, 5) is 10.1. The van der Waals surface area contributed by atoms with Crippen molar-refractivity contribution in [3.63, 3.8) is 0 Å². The van der Waals surface area contributed by atoms with Crippen LogP contribution in [-0.2, 0) is 4.79 Å². The van der Waals surface area contributed by atoms with Crippen LogP contribution in [0.25, 0.3) is 0 Å². The van der Waals surface area contributed by atoms with Crippen LogP contribution in [-0.4, -0.2) is 5.97 Å². The van der Waals surface area contributed by atoms with Crippen molar-refractivity contribution in [3.8, 4) is 0 Å². The van der Waals surface area contributed by atoms with Gasteiger partial charge in [-0.3, -0.25) is 0 Å². The van der Waals surface area contributed by atoms with Crippen molar-refractivity contribution in [2.75, 3.05) is 0 Å². The van der Waals surface area contributed by atoms with E-state index in [9.17, 15) is 9.90 Å². The molecule has 0 aromatic carbocycles. The number of hydrogen-bond donors (Lipinski definition) is 0. The predicted molar refractivity (Wildman–Crippen MR) is 45.4 cm³/mol. The molecule has 1 fully saturated rings. The zero-order valence-corrected chi connectivity index (χ0v) is 10.6. The van der Waals surface area contributed by atoms with E-state index in [2.05, 4.69) is 0 Å². The van der Waals surface area contributed by atoms with E-state index in [0.29, 0.717) is 0 Å². The van der Waals surface area contributed by atoms with Gasteiger partial charge in [0.25, 0.3) is 0 Å². The van der Waals surface area contributed by atoms with Crippen LogP contribution in [0.4, 0.5) is 0 Å². The normalized spacial score (nSPS) is 17.8. The maximum Gasteiger partial charge on any atom is 1.00 e. The van der Waals surface area contributed by atoms with Gasteiger partial charge in [0, 0.05) is 5.97 Å². The van der Waals surface area contributed by atoms with E-state index in [-0.39, 0.29) is 36.0 Å². The van der Waals surface area contributed by atoms with Crippen molar-refractivity contribution in [2.24, 2.45) is 5.92 Å². The summed E-state index contributed by atoms with van der Waals surface area (Å²) in [7, 11) is 0. The molecule has 3 heteroatoms. The monoisotopic (exact) mass is 192 g/mol. The number of rotatable bonds is 4. The fourth-order valence-corrected chi connectivity index (χ4v) is 2.01. The topological polar surface area (TPSA) is 40.1 Å². The fraction of sp³-hybridized carbons (Fsp3) is 0.900. The summed E-state index contributed by atoms with van der Waals surface area (Å²) < 4.78 is 0. The van der Waals surface area contributed by atoms with Crippen LogP contribution >= 0.6 is 0 Å². The van der Waals surface area contributed by atoms with Crippen LogP contribution in [0.3, 0.4) is 0 Å². The SMILES string of the molecule is O=C([O-])CCCC1CCCCC1.[Na+]. The van der Waals surface area contributed by atoms with Crippen molar-refractivity contribution in [1.82, 2.24) is 0 Å².